The van der Waals surface area contributed by atoms with Gasteiger partial charge in [0.25, 0.3) is 6.47 Å². The first-order valence-electron chi connectivity index (χ1n) is 2.70. The smallest absolute Gasteiger partial charge is 0.290 e. The predicted octanol–water partition coefficient (Wildman–Crippen LogP) is -1.68. The summed E-state index contributed by atoms with van der Waals surface area (Å²) >= 11 is 0. The van der Waals surface area contributed by atoms with Crippen LogP contribution in [-0.2, 0) is 4.79 Å². The molecule has 0 saturated heterocycles. The van der Waals surface area contributed by atoms with Crippen LogP contribution in [0.4, 0.5) is 17.8 Å². The van der Waals surface area contributed by atoms with E-state index >= 15 is 0 Å². The van der Waals surface area contributed by atoms with Gasteiger partial charge in [0.2, 0.25) is 17.8 Å². The Morgan fingerprint density at radius 3 is 1.33 bits per heavy atom. The van der Waals surface area contributed by atoms with E-state index in [-0.39, 0.29) is 24.3 Å². The van der Waals surface area contributed by atoms with Crippen LogP contribution in [0.3, 0.4) is 0 Å². The summed E-state index contributed by atoms with van der Waals surface area (Å²) in [6.45, 7) is -0.250. The number of carboxylic acid groups (broad SMARTS) is 1. The second-order valence-corrected chi connectivity index (χ2v) is 1.52. The van der Waals surface area contributed by atoms with Gasteiger partial charge < -0.3 is 22.3 Å². The van der Waals surface area contributed by atoms with E-state index < -0.39 is 0 Å². The van der Waals surface area contributed by atoms with E-state index in [0.29, 0.717) is 0 Å². The van der Waals surface area contributed by atoms with E-state index in [0.717, 1.165) is 0 Å². The van der Waals surface area contributed by atoms with Gasteiger partial charge in [0.1, 0.15) is 0 Å². The molecule has 0 aliphatic carbocycles. The summed E-state index contributed by atoms with van der Waals surface area (Å²) in [4.78, 5) is 18.8. The van der Waals surface area contributed by atoms with E-state index in [2.05, 4.69) is 15.0 Å². The van der Waals surface area contributed by atoms with Crippen LogP contribution in [0.1, 0.15) is 0 Å². The summed E-state index contributed by atoms with van der Waals surface area (Å²) in [5, 5.41) is 6.89. The SMILES string of the molecule is Nc1nc(N)nc(N)n1.O=CO. The summed E-state index contributed by atoms with van der Waals surface area (Å²) in [6.07, 6.45) is 0. The molecule has 1 aromatic heterocycles. The lowest BCUT2D eigenvalue weighted by Crippen LogP contribution is -2.05. The number of rotatable bonds is 0. The van der Waals surface area contributed by atoms with E-state index in [1.54, 1.807) is 0 Å². The largest absolute Gasteiger partial charge is 0.483 e. The third-order valence-corrected chi connectivity index (χ3v) is 0.687. The molecule has 0 aromatic carbocycles. The third-order valence-electron chi connectivity index (χ3n) is 0.687. The van der Waals surface area contributed by atoms with Crippen molar-refractivity contribution in [2.75, 3.05) is 17.2 Å². The first-order chi connectivity index (χ1) is 5.60. The van der Waals surface area contributed by atoms with Crippen LogP contribution >= 0.6 is 0 Å². The Kier molecular flexibility index (Phi) is 3.84. The predicted molar refractivity (Wildman–Crippen MR) is 41.8 cm³/mol. The number of hydrogen-bond acceptors (Lipinski definition) is 7. The van der Waals surface area contributed by atoms with Crippen LogP contribution in [0.2, 0.25) is 0 Å². The van der Waals surface area contributed by atoms with Crippen LogP contribution < -0.4 is 17.2 Å². The normalized spacial score (nSPS) is 8.00. The van der Waals surface area contributed by atoms with E-state index in [9.17, 15) is 0 Å². The highest BCUT2D eigenvalue weighted by Gasteiger charge is 1.93. The maximum atomic E-state index is 8.36. The zero-order valence-corrected chi connectivity index (χ0v) is 6.01. The summed E-state index contributed by atoms with van der Waals surface area (Å²) in [6, 6.07) is 0. The van der Waals surface area contributed by atoms with Crippen molar-refractivity contribution >= 4 is 24.3 Å². The molecule has 0 bridgehead atoms. The number of nitrogens with two attached hydrogens (primary N) is 3. The lowest BCUT2D eigenvalue weighted by molar-refractivity contribution is -0.122. The average Bonchev–Trinajstić information content (AvgIpc) is 1.84. The Morgan fingerprint density at radius 2 is 1.17 bits per heavy atom. The van der Waals surface area contributed by atoms with Crippen molar-refractivity contribution in [3.8, 4) is 0 Å². The van der Waals surface area contributed by atoms with Gasteiger partial charge in [-0.1, -0.05) is 0 Å². The Labute approximate surface area is 67.4 Å². The zero-order valence-electron chi connectivity index (χ0n) is 6.01. The van der Waals surface area contributed by atoms with Gasteiger partial charge in [0.15, 0.2) is 0 Å². The van der Waals surface area contributed by atoms with Crippen LogP contribution in [0.25, 0.3) is 0 Å². The Balaban J connectivity index is 0.000000354. The molecule has 8 heteroatoms. The Morgan fingerprint density at radius 1 is 1.00 bits per heavy atom. The van der Waals surface area contributed by atoms with Crippen molar-refractivity contribution in [3.05, 3.63) is 0 Å². The fourth-order valence-corrected chi connectivity index (χ4v) is 0.427. The van der Waals surface area contributed by atoms with Gasteiger partial charge in [-0.25, -0.2) is 0 Å². The van der Waals surface area contributed by atoms with Gasteiger partial charge in [-0.05, 0) is 0 Å². The standard InChI is InChI=1S/C3H6N6.CH2O2/c4-1-7-2(5)9-3(6)8-1;2-1-3/h(H6,4,5,6,7,8,9);1H,(H,2,3). The quantitative estimate of drug-likeness (QED) is 0.338. The van der Waals surface area contributed by atoms with Crippen LogP contribution in [0, 0.1) is 0 Å². The fourth-order valence-electron chi connectivity index (χ4n) is 0.427. The van der Waals surface area contributed by atoms with Crippen molar-refractivity contribution in [2.45, 2.75) is 0 Å². The second-order valence-electron chi connectivity index (χ2n) is 1.52. The molecule has 0 aliphatic rings. The van der Waals surface area contributed by atoms with E-state index in [1.807, 2.05) is 0 Å². The maximum Gasteiger partial charge on any atom is 0.290 e. The lowest BCUT2D eigenvalue weighted by Gasteiger charge is -1.93. The highest BCUT2D eigenvalue weighted by atomic mass is 16.3. The first kappa shape index (κ1) is 9.88. The van der Waals surface area contributed by atoms with Gasteiger partial charge in [0.05, 0.1) is 0 Å². The van der Waals surface area contributed by atoms with Gasteiger partial charge in [-0.15, -0.1) is 0 Å². The monoisotopic (exact) mass is 172 g/mol. The molecule has 0 radical (unpaired) electrons. The molecule has 0 saturated carbocycles. The topological polar surface area (TPSA) is 154 Å². The Bertz CT molecular complexity index is 213. The minimum absolute atomic E-state index is 0.0417. The van der Waals surface area contributed by atoms with Crippen LogP contribution in [0.5, 0.6) is 0 Å². The number of carbonyl (C=O) groups is 1. The summed E-state index contributed by atoms with van der Waals surface area (Å²) in [5.74, 6) is 0.125. The molecule has 0 spiro atoms. The van der Waals surface area contributed by atoms with Gasteiger partial charge >= 0.3 is 0 Å². The molecule has 0 atom stereocenters. The number of nitrogens with zero attached hydrogens (tertiary/aromatic N) is 3. The van der Waals surface area contributed by atoms with Crippen molar-refractivity contribution in [1.29, 1.82) is 0 Å². The molecular formula is C4H8N6O2. The van der Waals surface area contributed by atoms with Crippen molar-refractivity contribution in [2.24, 2.45) is 0 Å². The molecule has 12 heavy (non-hydrogen) atoms. The fraction of sp³-hybridized carbons (Fsp3) is 0. The summed E-state index contributed by atoms with van der Waals surface area (Å²) in [7, 11) is 0. The van der Waals surface area contributed by atoms with E-state index in [4.69, 9.17) is 27.1 Å². The zero-order chi connectivity index (χ0) is 9.56. The third kappa shape index (κ3) is 3.82. The molecule has 1 rings (SSSR count). The minimum atomic E-state index is -0.250. The average molecular weight is 172 g/mol. The molecular weight excluding hydrogens is 164 g/mol. The molecule has 0 unspecified atom stereocenters. The molecule has 0 amide bonds. The number of anilines is 3. The van der Waals surface area contributed by atoms with Gasteiger partial charge in [-0.3, -0.25) is 4.79 Å². The number of aromatic nitrogens is 3. The second kappa shape index (κ2) is 4.66. The van der Waals surface area contributed by atoms with Crippen LogP contribution in [-0.4, -0.2) is 26.5 Å². The Hall–Kier alpha value is -2.12. The molecule has 8 nitrogen and oxygen atoms in total. The van der Waals surface area contributed by atoms with Crippen molar-refractivity contribution < 1.29 is 9.90 Å². The van der Waals surface area contributed by atoms with Crippen molar-refractivity contribution in [1.82, 2.24) is 15.0 Å². The number of nitrogen functional groups attached to an aromatic ring is 3. The molecule has 1 aromatic rings. The van der Waals surface area contributed by atoms with Gasteiger partial charge in [0, 0.05) is 0 Å². The molecule has 66 valence electrons. The number of hydrogen-bond donors (Lipinski definition) is 4. The van der Waals surface area contributed by atoms with Gasteiger partial charge in [-0.2, -0.15) is 15.0 Å². The molecule has 1 heterocycles. The molecule has 7 N–H and O–H groups in total. The highest BCUT2D eigenvalue weighted by Crippen LogP contribution is 1.97. The minimum Gasteiger partial charge on any atom is -0.483 e. The highest BCUT2D eigenvalue weighted by molar-refractivity contribution is 5.33. The molecule has 0 aliphatic heterocycles. The first-order valence-corrected chi connectivity index (χ1v) is 2.70. The molecule has 0 fully saturated rings. The van der Waals surface area contributed by atoms with Crippen molar-refractivity contribution in [3.63, 3.8) is 0 Å². The maximum absolute atomic E-state index is 8.36. The summed E-state index contributed by atoms with van der Waals surface area (Å²) < 4.78 is 0. The van der Waals surface area contributed by atoms with Crippen LogP contribution in [0.15, 0.2) is 0 Å². The lowest BCUT2D eigenvalue weighted by atomic mass is 10.9. The van der Waals surface area contributed by atoms with E-state index in [1.165, 1.54) is 0 Å². The summed E-state index contributed by atoms with van der Waals surface area (Å²) in [5.41, 5.74) is 15.4.